The average Bonchev–Trinajstić information content (AvgIpc) is 2.37. The van der Waals surface area contributed by atoms with Gasteiger partial charge in [0, 0.05) is 31.4 Å². The maximum Gasteiger partial charge on any atom is 0.254 e. The summed E-state index contributed by atoms with van der Waals surface area (Å²) in [6.45, 7) is 5.63. The lowest BCUT2D eigenvalue weighted by Crippen LogP contribution is -2.48. The maximum absolute atomic E-state index is 12.4. The molecule has 1 aliphatic heterocycles. The van der Waals surface area contributed by atoms with Crippen molar-refractivity contribution in [2.24, 2.45) is 0 Å². The van der Waals surface area contributed by atoms with Crippen LogP contribution in [0, 0.1) is 0 Å². The topological polar surface area (TPSA) is 65.5 Å². The average molecular weight is 263 g/mol. The molecule has 1 aromatic heterocycles. The fourth-order valence-electron chi connectivity index (χ4n) is 2.42. The lowest BCUT2D eigenvalue weighted by atomic mass is 9.95. The van der Waals surface area contributed by atoms with E-state index in [0.29, 0.717) is 24.5 Å². The van der Waals surface area contributed by atoms with E-state index in [1.807, 2.05) is 6.92 Å². The van der Waals surface area contributed by atoms with Crippen molar-refractivity contribution in [2.75, 3.05) is 25.0 Å². The number of nitrogens with zero attached hydrogens (tertiary/aromatic N) is 2. The van der Waals surface area contributed by atoms with Crippen molar-refractivity contribution >= 4 is 11.7 Å². The van der Waals surface area contributed by atoms with Gasteiger partial charge in [-0.2, -0.15) is 0 Å². The first-order chi connectivity index (χ1) is 9.02. The lowest BCUT2D eigenvalue weighted by molar-refractivity contribution is -0.0107. The number of hydrogen-bond acceptors (Lipinski definition) is 4. The fourth-order valence-corrected chi connectivity index (χ4v) is 2.42. The zero-order valence-electron chi connectivity index (χ0n) is 11.5. The number of rotatable bonds is 3. The molecular formula is C14H21N3O2. The fraction of sp³-hybridized carbons (Fsp3) is 0.571. The second-order valence-electron chi connectivity index (χ2n) is 5.29. The number of nitrogens with one attached hydrogen (secondary N) is 1. The van der Waals surface area contributed by atoms with E-state index in [4.69, 9.17) is 0 Å². The number of amides is 1. The second kappa shape index (κ2) is 5.57. The van der Waals surface area contributed by atoms with Crippen molar-refractivity contribution in [2.45, 2.75) is 32.3 Å². The minimum atomic E-state index is -0.772. The minimum Gasteiger partial charge on any atom is -0.388 e. The van der Waals surface area contributed by atoms with Crippen molar-refractivity contribution in [3.63, 3.8) is 0 Å². The van der Waals surface area contributed by atoms with Crippen LogP contribution in [-0.4, -0.2) is 46.1 Å². The highest BCUT2D eigenvalue weighted by atomic mass is 16.3. The van der Waals surface area contributed by atoms with E-state index in [2.05, 4.69) is 10.3 Å². The zero-order valence-corrected chi connectivity index (χ0v) is 11.5. The van der Waals surface area contributed by atoms with E-state index in [1.165, 1.54) is 0 Å². The summed E-state index contributed by atoms with van der Waals surface area (Å²) in [5, 5.41) is 13.2. The number of carbonyl (C=O) groups excluding carboxylic acids is 1. The van der Waals surface area contributed by atoms with Crippen molar-refractivity contribution in [3.05, 3.63) is 23.9 Å². The third kappa shape index (κ3) is 3.44. The highest BCUT2D eigenvalue weighted by Gasteiger charge is 2.31. The minimum absolute atomic E-state index is 0.0403. The summed E-state index contributed by atoms with van der Waals surface area (Å²) in [6, 6.07) is 3.47. The van der Waals surface area contributed by atoms with Gasteiger partial charge in [-0.05, 0) is 38.8 Å². The summed E-state index contributed by atoms with van der Waals surface area (Å²) in [5.74, 6) is 0.665. The molecule has 1 aliphatic rings. The number of aromatic nitrogens is 1. The van der Waals surface area contributed by atoms with Gasteiger partial charge in [-0.15, -0.1) is 0 Å². The molecule has 1 amide bonds. The molecule has 1 aromatic rings. The van der Waals surface area contributed by atoms with E-state index in [1.54, 1.807) is 30.2 Å². The van der Waals surface area contributed by atoms with E-state index in [-0.39, 0.29) is 5.91 Å². The molecule has 1 fully saturated rings. The monoisotopic (exact) mass is 263 g/mol. The van der Waals surface area contributed by atoms with Gasteiger partial charge in [-0.3, -0.25) is 4.79 Å². The maximum atomic E-state index is 12.4. The number of likely N-dealkylation sites (tertiary alicyclic amines) is 1. The van der Waals surface area contributed by atoms with Crippen molar-refractivity contribution < 1.29 is 9.90 Å². The molecule has 0 bridgehead atoms. The Balaban J connectivity index is 2.12. The number of piperidine rings is 1. The van der Waals surface area contributed by atoms with Gasteiger partial charge in [-0.1, -0.05) is 0 Å². The summed E-state index contributed by atoms with van der Waals surface area (Å²) in [6.07, 6.45) is 3.22. The van der Waals surface area contributed by atoms with E-state index in [0.717, 1.165) is 19.4 Å². The van der Waals surface area contributed by atoms with Crippen LogP contribution in [0.1, 0.15) is 37.0 Å². The smallest absolute Gasteiger partial charge is 0.254 e. The predicted molar refractivity (Wildman–Crippen MR) is 74.2 cm³/mol. The standard InChI is InChI=1S/C14H21N3O2/c1-3-15-12-9-11(5-7-16-12)13(18)17-8-4-6-14(2,19)10-17/h5,7,9,19H,3-4,6,8,10H2,1-2H3,(H,15,16). The molecule has 0 aromatic carbocycles. The molecule has 5 heteroatoms. The Morgan fingerprint density at radius 3 is 3.11 bits per heavy atom. The van der Waals surface area contributed by atoms with Crippen LogP contribution in [0.3, 0.4) is 0 Å². The van der Waals surface area contributed by atoms with Gasteiger partial charge in [-0.25, -0.2) is 4.98 Å². The van der Waals surface area contributed by atoms with Gasteiger partial charge in [0.2, 0.25) is 0 Å². The quantitative estimate of drug-likeness (QED) is 0.867. The molecule has 0 spiro atoms. The first kappa shape index (κ1) is 13.8. The Labute approximate surface area is 113 Å². The van der Waals surface area contributed by atoms with Crippen LogP contribution in [0.15, 0.2) is 18.3 Å². The van der Waals surface area contributed by atoms with Crippen LogP contribution in [0.4, 0.5) is 5.82 Å². The first-order valence-electron chi connectivity index (χ1n) is 6.73. The first-order valence-corrected chi connectivity index (χ1v) is 6.73. The van der Waals surface area contributed by atoms with Crippen LogP contribution < -0.4 is 5.32 Å². The molecule has 1 saturated heterocycles. The highest BCUT2D eigenvalue weighted by Crippen LogP contribution is 2.22. The summed E-state index contributed by atoms with van der Waals surface area (Å²) in [4.78, 5) is 18.3. The Morgan fingerprint density at radius 1 is 1.63 bits per heavy atom. The molecular weight excluding hydrogens is 242 g/mol. The molecule has 5 nitrogen and oxygen atoms in total. The van der Waals surface area contributed by atoms with Crippen LogP contribution >= 0.6 is 0 Å². The molecule has 2 heterocycles. The number of aliphatic hydroxyl groups is 1. The number of hydrogen-bond donors (Lipinski definition) is 2. The van der Waals surface area contributed by atoms with Crippen molar-refractivity contribution in [1.29, 1.82) is 0 Å². The summed E-state index contributed by atoms with van der Waals surface area (Å²) < 4.78 is 0. The van der Waals surface area contributed by atoms with Gasteiger partial charge < -0.3 is 15.3 Å². The second-order valence-corrected chi connectivity index (χ2v) is 5.29. The third-order valence-corrected chi connectivity index (χ3v) is 3.33. The predicted octanol–water partition coefficient (Wildman–Crippen LogP) is 1.50. The summed E-state index contributed by atoms with van der Waals surface area (Å²) >= 11 is 0. The molecule has 1 atom stereocenters. The molecule has 0 saturated carbocycles. The Kier molecular flexibility index (Phi) is 4.04. The summed E-state index contributed by atoms with van der Waals surface area (Å²) in [7, 11) is 0. The summed E-state index contributed by atoms with van der Waals surface area (Å²) in [5.41, 5.74) is -0.158. The van der Waals surface area contributed by atoms with Crippen LogP contribution in [0.5, 0.6) is 0 Å². The molecule has 19 heavy (non-hydrogen) atoms. The Morgan fingerprint density at radius 2 is 2.42 bits per heavy atom. The van der Waals surface area contributed by atoms with E-state index < -0.39 is 5.60 Å². The van der Waals surface area contributed by atoms with Crippen molar-refractivity contribution in [3.8, 4) is 0 Å². The van der Waals surface area contributed by atoms with Gasteiger partial charge in [0.1, 0.15) is 5.82 Å². The largest absolute Gasteiger partial charge is 0.388 e. The van der Waals surface area contributed by atoms with Crippen LogP contribution in [0.2, 0.25) is 0 Å². The zero-order chi connectivity index (χ0) is 13.9. The van der Waals surface area contributed by atoms with Crippen LogP contribution in [0.25, 0.3) is 0 Å². The molecule has 2 rings (SSSR count). The van der Waals surface area contributed by atoms with Crippen molar-refractivity contribution in [1.82, 2.24) is 9.88 Å². The molecule has 2 N–H and O–H groups in total. The van der Waals surface area contributed by atoms with E-state index >= 15 is 0 Å². The normalized spacial score (nSPS) is 23.2. The van der Waals surface area contributed by atoms with Gasteiger partial charge >= 0.3 is 0 Å². The van der Waals surface area contributed by atoms with Crippen LogP contribution in [-0.2, 0) is 0 Å². The number of β-amino-alcohol motifs (C(OH)–C–C–N with tert-alkyl or cyclic N) is 1. The lowest BCUT2D eigenvalue weighted by Gasteiger charge is -2.36. The third-order valence-electron chi connectivity index (χ3n) is 3.33. The Bertz CT molecular complexity index is 460. The highest BCUT2D eigenvalue weighted by molar-refractivity contribution is 5.95. The van der Waals surface area contributed by atoms with E-state index in [9.17, 15) is 9.90 Å². The van der Waals surface area contributed by atoms with Gasteiger partial charge in [0.25, 0.3) is 5.91 Å². The number of pyridine rings is 1. The molecule has 104 valence electrons. The molecule has 1 unspecified atom stereocenters. The molecule has 0 radical (unpaired) electrons. The number of carbonyl (C=O) groups is 1. The van der Waals surface area contributed by atoms with Gasteiger partial charge in [0.15, 0.2) is 0 Å². The van der Waals surface area contributed by atoms with Gasteiger partial charge in [0.05, 0.1) is 5.60 Å². The number of anilines is 1. The SMILES string of the molecule is CCNc1cc(C(=O)N2CCCC(C)(O)C2)ccn1. The molecule has 0 aliphatic carbocycles. The Hall–Kier alpha value is -1.62.